The highest BCUT2D eigenvalue weighted by atomic mass is 16.7. The lowest BCUT2D eigenvalue weighted by Gasteiger charge is -2.40. The molecule has 4 rings (SSSR count). The summed E-state index contributed by atoms with van der Waals surface area (Å²) in [5.41, 5.74) is 1.78. The van der Waals surface area contributed by atoms with Gasteiger partial charge in [0.25, 0.3) is 0 Å². The molecule has 6 heteroatoms. The van der Waals surface area contributed by atoms with Crippen molar-refractivity contribution in [2.24, 2.45) is 0 Å². The first-order chi connectivity index (χ1) is 15.0. The Balaban J connectivity index is 1.86. The van der Waals surface area contributed by atoms with Crippen LogP contribution < -0.4 is 4.90 Å². The number of rotatable bonds is 7. The second-order valence-electron chi connectivity index (χ2n) is 8.21. The van der Waals surface area contributed by atoms with E-state index < -0.39 is 11.2 Å². The van der Waals surface area contributed by atoms with E-state index in [0.717, 1.165) is 16.8 Å². The molecule has 0 aliphatic carbocycles. The number of nitriles is 1. The van der Waals surface area contributed by atoms with Crippen LogP contribution in [0.15, 0.2) is 54.6 Å². The van der Waals surface area contributed by atoms with Crippen molar-refractivity contribution < 1.29 is 19.0 Å². The Morgan fingerprint density at radius 3 is 2.52 bits per heavy atom. The monoisotopic (exact) mass is 420 g/mol. The lowest BCUT2D eigenvalue weighted by Crippen LogP contribution is -2.53. The average Bonchev–Trinajstić information content (AvgIpc) is 3.31. The molecule has 0 amide bonds. The smallest absolute Gasteiger partial charge is 0.319 e. The fourth-order valence-electron chi connectivity index (χ4n) is 4.92. The highest BCUT2D eigenvalue weighted by Crippen LogP contribution is 2.51. The van der Waals surface area contributed by atoms with E-state index in [1.807, 2.05) is 49.4 Å². The molecular formula is C25H28N2O4. The standard InChI is InChI=1S/C25H28N2O4/c1-3-29-23(28)25(13-14-26)20-11-7-8-12-21(20)27(18-19-9-5-4-6-10-19)22(25)17-24(2)30-15-16-31-24/h4-12,22H,3,13,15-18H2,1-2H3/t22-,25-/m0/s1. The number of anilines is 1. The highest BCUT2D eigenvalue weighted by molar-refractivity contribution is 5.91. The van der Waals surface area contributed by atoms with Gasteiger partial charge in [0, 0.05) is 18.7 Å². The maximum absolute atomic E-state index is 13.5. The summed E-state index contributed by atoms with van der Waals surface area (Å²) < 4.78 is 17.4. The Hall–Kier alpha value is -2.88. The van der Waals surface area contributed by atoms with Crippen molar-refractivity contribution >= 4 is 11.7 Å². The van der Waals surface area contributed by atoms with Crippen LogP contribution in [0.1, 0.15) is 37.8 Å². The number of carbonyl (C=O) groups is 1. The van der Waals surface area contributed by atoms with Crippen LogP contribution in [0.4, 0.5) is 5.69 Å². The van der Waals surface area contributed by atoms with Gasteiger partial charge in [0.15, 0.2) is 5.79 Å². The van der Waals surface area contributed by atoms with Gasteiger partial charge in [-0.25, -0.2) is 0 Å². The van der Waals surface area contributed by atoms with E-state index in [0.29, 0.717) is 26.2 Å². The number of fused-ring (bicyclic) bond motifs is 1. The molecular weight excluding hydrogens is 392 g/mol. The Labute approximate surface area is 183 Å². The molecule has 0 unspecified atom stereocenters. The van der Waals surface area contributed by atoms with Crippen molar-refractivity contribution in [1.29, 1.82) is 5.26 Å². The first-order valence-electron chi connectivity index (χ1n) is 10.8. The van der Waals surface area contributed by atoms with E-state index in [-0.39, 0.29) is 25.0 Å². The molecule has 31 heavy (non-hydrogen) atoms. The van der Waals surface area contributed by atoms with Crippen LogP contribution in [0.5, 0.6) is 0 Å². The maximum Gasteiger partial charge on any atom is 0.319 e. The molecule has 2 aliphatic heterocycles. The van der Waals surface area contributed by atoms with Crippen LogP contribution in [0.3, 0.4) is 0 Å². The summed E-state index contributed by atoms with van der Waals surface area (Å²) in [5.74, 6) is -1.19. The van der Waals surface area contributed by atoms with Gasteiger partial charge in [0.05, 0.1) is 38.4 Å². The van der Waals surface area contributed by atoms with Crippen LogP contribution in [0.25, 0.3) is 0 Å². The summed E-state index contributed by atoms with van der Waals surface area (Å²) >= 11 is 0. The first-order valence-corrected chi connectivity index (χ1v) is 10.8. The second-order valence-corrected chi connectivity index (χ2v) is 8.21. The number of ether oxygens (including phenoxy) is 3. The Kier molecular flexibility index (Phi) is 5.99. The third-order valence-corrected chi connectivity index (χ3v) is 6.29. The predicted octanol–water partition coefficient (Wildman–Crippen LogP) is 3.94. The number of hydrogen-bond acceptors (Lipinski definition) is 6. The Morgan fingerprint density at radius 1 is 1.16 bits per heavy atom. The fourth-order valence-corrected chi connectivity index (χ4v) is 4.92. The average molecular weight is 421 g/mol. The molecule has 0 saturated carbocycles. The van der Waals surface area contributed by atoms with Gasteiger partial charge in [0.2, 0.25) is 0 Å². The largest absolute Gasteiger partial charge is 0.465 e. The van der Waals surface area contributed by atoms with Gasteiger partial charge in [-0.3, -0.25) is 4.79 Å². The van der Waals surface area contributed by atoms with Gasteiger partial charge in [0.1, 0.15) is 5.41 Å². The van der Waals surface area contributed by atoms with Crippen molar-refractivity contribution in [3.63, 3.8) is 0 Å². The highest BCUT2D eigenvalue weighted by Gasteiger charge is 2.59. The maximum atomic E-state index is 13.5. The third kappa shape index (κ3) is 3.80. The van der Waals surface area contributed by atoms with Crippen molar-refractivity contribution in [2.45, 2.75) is 50.5 Å². The SMILES string of the molecule is CCOC(=O)[C@@]1(CC#N)c2ccccc2N(Cc2ccccc2)[C@H]1CC1(C)OCCO1. The van der Waals surface area contributed by atoms with Crippen molar-refractivity contribution in [3.8, 4) is 6.07 Å². The number of esters is 1. The van der Waals surface area contributed by atoms with Gasteiger partial charge >= 0.3 is 5.97 Å². The van der Waals surface area contributed by atoms with Crippen LogP contribution in [0.2, 0.25) is 0 Å². The van der Waals surface area contributed by atoms with E-state index in [1.165, 1.54) is 0 Å². The topological polar surface area (TPSA) is 71.8 Å². The zero-order valence-electron chi connectivity index (χ0n) is 18.0. The van der Waals surface area contributed by atoms with Crippen molar-refractivity contribution in [1.82, 2.24) is 0 Å². The van der Waals surface area contributed by atoms with E-state index in [1.54, 1.807) is 6.92 Å². The van der Waals surface area contributed by atoms with E-state index in [9.17, 15) is 10.1 Å². The number of hydrogen-bond donors (Lipinski definition) is 0. The molecule has 0 radical (unpaired) electrons. The van der Waals surface area contributed by atoms with Gasteiger partial charge in [-0.1, -0.05) is 48.5 Å². The lowest BCUT2D eigenvalue weighted by atomic mass is 9.72. The zero-order valence-corrected chi connectivity index (χ0v) is 18.0. The van der Waals surface area contributed by atoms with Gasteiger partial charge in [-0.2, -0.15) is 5.26 Å². The molecule has 0 N–H and O–H groups in total. The molecule has 0 spiro atoms. The van der Waals surface area contributed by atoms with E-state index in [2.05, 4.69) is 23.1 Å². The number of para-hydroxylation sites is 1. The normalized spacial score (nSPS) is 23.9. The number of carbonyl (C=O) groups excluding carboxylic acids is 1. The Morgan fingerprint density at radius 2 is 1.84 bits per heavy atom. The molecule has 2 heterocycles. The van der Waals surface area contributed by atoms with Gasteiger partial charge < -0.3 is 19.1 Å². The van der Waals surface area contributed by atoms with Crippen LogP contribution >= 0.6 is 0 Å². The first kappa shape index (κ1) is 21.4. The van der Waals surface area contributed by atoms with Crippen LogP contribution in [-0.4, -0.2) is 37.6 Å². The van der Waals surface area contributed by atoms with E-state index >= 15 is 0 Å². The number of benzene rings is 2. The van der Waals surface area contributed by atoms with Gasteiger partial charge in [-0.15, -0.1) is 0 Å². The molecule has 2 atom stereocenters. The fraction of sp³-hybridized carbons (Fsp3) is 0.440. The minimum Gasteiger partial charge on any atom is -0.465 e. The zero-order chi connectivity index (χ0) is 21.9. The summed E-state index contributed by atoms with van der Waals surface area (Å²) in [4.78, 5) is 15.7. The molecule has 162 valence electrons. The molecule has 2 aromatic rings. The molecule has 1 saturated heterocycles. The molecule has 6 nitrogen and oxygen atoms in total. The lowest BCUT2D eigenvalue weighted by molar-refractivity contribution is -0.162. The molecule has 2 aliphatic rings. The summed E-state index contributed by atoms with van der Waals surface area (Å²) in [6.07, 6.45) is 0.462. The molecule has 0 aromatic heterocycles. The summed E-state index contributed by atoms with van der Waals surface area (Å²) in [6, 6.07) is 19.9. The summed E-state index contributed by atoms with van der Waals surface area (Å²) in [5, 5.41) is 9.81. The van der Waals surface area contributed by atoms with Gasteiger partial charge in [-0.05, 0) is 31.0 Å². The molecule has 2 aromatic carbocycles. The van der Waals surface area contributed by atoms with Crippen LogP contribution in [0, 0.1) is 11.3 Å². The second kappa shape index (κ2) is 8.70. The summed E-state index contributed by atoms with van der Waals surface area (Å²) in [6.45, 7) is 5.58. The Bertz CT molecular complexity index is 965. The molecule has 1 fully saturated rings. The minimum absolute atomic E-state index is 0.0227. The minimum atomic E-state index is -1.12. The number of nitrogens with zero attached hydrogens (tertiary/aromatic N) is 2. The van der Waals surface area contributed by atoms with Crippen molar-refractivity contribution in [2.75, 3.05) is 24.7 Å². The molecule has 0 bridgehead atoms. The predicted molar refractivity (Wildman–Crippen MR) is 116 cm³/mol. The third-order valence-electron chi connectivity index (χ3n) is 6.29. The van der Waals surface area contributed by atoms with Crippen molar-refractivity contribution in [3.05, 3.63) is 65.7 Å². The van der Waals surface area contributed by atoms with E-state index in [4.69, 9.17) is 14.2 Å². The quantitative estimate of drug-likeness (QED) is 0.632. The summed E-state index contributed by atoms with van der Waals surface area (Å²) in [7, 11) is 0. The van der Waals surface area contributed by atoms with Crippen LogP contribution in [-0.2, 0) is 31.0 Å².